The Kier molecular flexibility index (Phi) is 3.83. The van der Waals surface area contributed by atoms with Gasteiger partial charge in [0.1, 0.15) is 0 Å². The summed E-state index contributed by atoms with van der Waals surface area (Å²) in [6.07, 6.45) is 0.387. The monoisotopic (exact) mass is 331 g/mol. The van der Waals surface area contributed by atoms with Crippen LogP contribution >= 0.6 is 0 Å². The van der Waals surface area contributed by atoms with E-state index in [9.17, 15) is 13.2 Å². The number of hydrogen-bond acceptors (Lipinski definition) is 4. The van der Waals surface area contributed by atoms with E-state index >= 15 is 0 Å². The second kappa shape index (κ2) is 5.68. The van der Waals surface area contributed by atoms with Gasteiger partial charge in [-0.3, -0.25) is 4.79 Å². The standard InChI is InChI=1S/C16H17N3O3S/c1-10-9-15(20)19-14-4-2-3-13(16(14)18-10)11-5-7-12(8-6-11)23(17,21)22/h2-8,10,18H,9H2,1H3,(H,19,20)(H2,17,21,22)/t10-/m1/s1. The first kappa shape index (κ1) is 15.5. The molecular weight excluding hydrogens is 314 g/mol. The smallest absolute Gasteiger partial charge is 0.238 e. The topological polar surface area (TPSA) is 101 Å². The summed E-state index contributed by atoms with van der Waals surface area (Å²) < 4.78 is 22.7. The second-order valence-electron chi connectivity index (χ2n) is 5.60. The van der Waals surface area contributed by atoms with Crippen LogP contribution in [-0.2, 0) is 14.8 Å². The Morgan fingerprint density at radius 1 is 1.13 bits per heavy atom. The van der Waals surface area contributed by atoms with Crippen LogP contribution in [0.3, 0.4) is 0 Å². The lowest BCUT2D eigenvalue weighted by Gasteiger charge is -2.16. The molecule has 1 aliphatic heterocycles. The summed E-state index contributed by atoms with van der Waals surface area (Å²) in [4.78, 5) is 11.9. The summed E-state index contributed by atoms with van der Waals surface area (Å²) in [5.41, 5.74) is 3.27. The molecule has 0 spiro atoms. The summed E-state index contributed by atoms with van der Waals surface area (Å²) in [6.45, 7) is 1.94. The number of hydrogen-bond donors (Lipinski definition) is 3. The minimum atomic E-state index is -3.71. The molecule has 0 unspecified atom stereocenters. The lowest BCUT2D eigenvalue weighted by Crippen LogP contribution is -2.19. The van der Waals surface area contributed by atoms with E-state index in [2.05, 4.69) is 10.6 Å². The number of carbonyl (C=O) groups is 1. The molecule has 7 heteroatoms. The molecule has 6 nitrogen and oxygen atoms in total. The van der Waals surface area contributed by atoms with E-state index in [0.717, 1.165) is 16.8 Å². The number of benzene rings is 2. The number of nitrogens with one attached hydrogen (secondary N) is 2. The molecule has 0 fully saturated rings. The number of fused-ring (bicyclic) bond motifs is 1. The maximum atomic E-state index is 11.8. The Balaban J connectivity index is 2.08. The van der Waals surface area contributed by atoms with Gasteiger partial charge in [0.25, 0.3) is 0 Å². The van der Waals surface area contributed by atoms with Crippen LogP contribution in [0.2, 0.25) is 0 Å². The molecule has 3 rings (SSSR count). The van der Waals surface area contributed by atoms with Gasteiger partial charge in [-0.05, 0) is 30.7 Å². The zero-order chi connectivity index (χ0) is 16.6. The van der Waals surface area contributed by atoms with Crippen LogP contribution in [0.4, 0.5) is 11.4 Å². The van der Waals surface area contributed by atoms with Crippen LogP contribution in [0.1, 0.15) is 13.3 Å². The number of carbonyl (C=O) groups excluding carboxylic acids is 1. The predicted octanol–water partition coefficient (Wildman–Crippen LogP) is 2.14. The van der Waals surface area contributed by atoms with Gasteiger partial charge in [0.2, 0.25) is 15.9 Å². The van der Waals surface area contributed by atoms with Crippen molar-refractivity contribution in [2.45, 2.75) is 24.3 Å². The van der Waals surface area contributed by atoms with Crippen LogP contribution < -0.4 is 15.8 Å². The molecule has 0 radical (unpaired) electrons. The third kappa shape index (κ3) is 3.20. The minimum absolute atomic E-state index is 0.00101. The van der Waals surface area contributed by atoms with Gasteiger partial charge in [0, 0.05) is 18.0 Å². The molecule has 1 amide bonds. The Morgan fingerprint density at radius 3 is 2.48 bits per heavy atom. The first-order valence-electron chi connectivity index (χ1n) is 7.17. The number of primary sulfonamides is 1. The number of amides is 1. The molecular formula is C16H17N3O3S. The van der Waals surface area contributed by atoms with Crippen molar-refractivity contribution in [2.24, 2.45) is 5.14 Å². The van der Waals surface area contributed by atoms with Crippen molar-refractivity contribution in [1.82, 2.24) is 0 Å². The molecule has 1 heterocycles. The minimum Gasteiger partial charge on any atom is -0.380 e. The van der Waals surface area contributed by atoms with E-state index in [0.29, 0.717) is 12.1 Å². The number of rotatable bonds is 2. The van der Waals surface area contributed by atoms with Crippen molar-refractivity contribution < 1.29 is 13.2 Å². The maximum absolute atomic E-state index is 11.8. The van der Waals surface area contributed by atoms with E-state index in [4.69, 9.17) is 5.14 Å². The Bertz CT molecular complexity index is 861. The zero-order valence-electron chi connectivity index (χ0n) is 12.5. The number of nitrogens with two attached hydrogens (primary N) is 1. The highest BCUT2D eigenvalue weighted by molar-refractivity contribution is 7.89. The normalized spacial score (nSPS) is 17.7. The van der Waals surface area contributed by atoms with Crippen LogP contribution in [-0.4, -0.2) is 20.4 Å². The van der Waals surface area contributed by atoms with Crippen LogP contribution in [0.15, 0.2) is 47.4 Å². The van der Waals surface area contributed by atoms with E-state index in [1.807, 2.05) is 25.1 Å². The van der Waals surface area contributed by atoms with Gasteiger partial charge in [-0.2, -0.15) is 0 Å². The second-order valence-corrected chi connectivity index (χ2v) is 7.16. The average molecular weight is 331 g/mol. The average Bonchev–Trinajstić information content (AvgIpc) is 2.62. The van der Waals surface area contributed by atoms with Crippen molar-refractivity contribution >= 4 is 27.3 Å². The number of sulfonamides is 1. The number of anilines is 2. The van der Waals surface area contributed by atoms with E-state index in [-0.39, 0.29) is 16.8 Å². The fourth-order valence-corrected chi connectivity index (χ4v) is 3.17. The Morgan fingerprint density at radius 2 is 1.83 bits per heavy atom. The van der Waals surface area contributed by atoms with Gasteiger partial charge in [-0.15, -0.1) is 0 Å². The third-order valence-corrected chi connectivity index (χ3v) is 4.64. The molecule has 0 bridgehead atoms. The number of para-hydroxylation sites is 1. The summed E-state index contributed by atoms with van der Waals surface area (Å²) in [6, 6.07) is 12.0. The zero-order valence-corrected chi connectivity index (χ0v) is 13.4. The molecule has 0 aliphatic carbocycles. The molecule has 2 aromatic rings. The molecule has 1 aliphatic rings. The Hall–Kier alpha value is -2.38. The highest BCUT2D eigenvalue weighted by atomic mass is 32.2. The van der Waals surface area contributed by atoms with Gasteiger partial charge in [0.15, 0.2) is 0 Å². The highest BCUT2D eigenvalue weighted by Crippen LogP contribution is 2.36. The van der Waals surface area contributed by atoms with Crippen molar-refractivity contribution in [3.63, 3.8) is 0 Å². The summed E-state index contributed by atoms with van der Waals surface area (Å²) >= 11 is 0. The van der Waals surface area contributed by atoms with E-state index in [1.165, 1.54) is 12.1 Å². The molecule has 0 saturated carbocycles. The summed E-state index contributed by atoms with van der Waals surface area (Å²) in [7, 11) is -3.71. The van der Waals surface area contributed by atoms with Gasteiger partial charge in [-0.1, -0.05) is 24.3 Å². The van der Waals surface area contributed by atoms with Crippen molar-refractivity contribution in [2.75, 3.05) is 10.6 Å². The van der Waals surface area contributed by atoms with E-state index < -0.39 is 10.0 Å². The van der Waals surface area contributed by atoms with Gasteiger partial charge >= 0.3 is 0 Å². The highest BCUT2D eigenvalue weighted by Gasteiger charge is 2.20. The molecule has 0 saturated heterocycles. The predicted molar refractivity (Wildman–Crippen MR) is 89.6 cm³/mol. The maximum Gasteiger partial charge on any atom is 0.238 e. The SMILES string of the molecule is C[C@@H]1CC(=O)Nc2cccc(-c3ccc(S(N)(=O)=O)cc3)c2N1. The lowest BCUT2D eigenvalue weighted by molar-refractivity contribution is -0.116. The summed E-state index contributed by atoms with van der Waals surface area (Å²) in [5, 5.41) is 11.3. The molecule has 0 aromatic heterocycles. The quantitative estimate of drug-likeness (QED) is 0.784. The molecule has 4 N–H and O–H groups in total. The molecule has 120 valence electrons. The summed E-state index contributed by atoms with van der Waals surface area (Å²) in [5.74, 6) is -0.0366. The van der Waals surface area contributed by atoms with E-state index in [1.54, 1.807) is 12.1 Å². The third-order valence-electron chi connectivity index (χ3n) is 3.71. The van der Waals surface area contributed by atoms with Crippen LogP contribution in [0.5, 0.6) is 0 Å². The Labute approximate surface area is 134 Å². The molecule has 2 aromatic carbocycles. The van der Waals surface area contributed by atoms with Crippen molar-refractivity contribution in [3.8, 4) is 11.1 Å². The first-order chi connectivity index (χ1) is 10.8. The fourth-order valence-electron chi connectivity index (χ4n) is 2.65. The largest absolute Gasteiger partial charge is 0.380 e. The van der Waals surface area contributed by atoms with Crippen LogP contribution in [0, 0.1) is 0 Å². The fraction of sp³-hybridized carbons (Fsp3) is 0.188. The van der Waals surface area contributed by atoms with Crippen molar-refractivity contribution in [1.29, 1.82) is 0 Å². The van der Waals surface area contributed by atoms with Gasteiger partial charge in [0.05, 0.1) is 16.3 Å². The van der Waals surface area contributed by atoms with Crippen LogP contribution in [0.25, 0.3) is 11.1 Å². The molecule has 1 atom stereocenters. The lowest BCUT2D eigenvalue weighted by atomic mass is 10.0. The molecule has 23 heavy (non-hydrogen) atoms. The van der Waals surface area contributed by atoms with Crippen molar-refractivity contribution in [3.05, 3.63) is 42.5 Å². The van der Waals surface area contributed by atoms with Gasteiger partial charge in [-0.25, -0.2) is 13.6 Å². The first-order valence-corrected chi connectivity index (χ1v) is 8.72. The van der Waals surface area contributed by atoms with Gasteiger partial charge < -0.3 is 10.6 Å².